The smallest absolute Gasteiger partial charge is 0.326 e. The molecule has 2 aromatic heterocycles. The lowest BCUT2D eigenvalue weighted by molar-refractivity contribution is -0.119. The number of halogens is 3. The van der Waals surface area contributed by atoms with Gasteiger partial charge in [0.15, 0.2) is 11.6 Å². The van der Waals surface area contributed by atoms with Crippen molar-refractivity contribution in [2.24, 2.45) is 4.99 Å². The summed E-state index contributed by atoms with van der Waals surface area (Å²) >= 11 is 13.0. The largest absolute Gasteiger partial charge is 0.493 e. The second-order valence-corrected chi connectivity index (χ2v) is 25.5. The molecule has 4 aliphatic rings. The van der Waals surface area contributed by atoms with Gasteiger partial charge in [0.05, 0.1) is 48.8 Å². The number of fused-ring (bicyclic) bond motifs is 8. The van der Waals surface area contributed by atoms with Crippen LogP contribution in [0.2, 0.25) is 10.0 Å². The number of ketones is 1. The molecule has 4 aromatic carbocycles. The zero-order chi connectivity index (χ0) is 61.1. The fraction of sp³-hybridized carbons (Fsp3) is 0.463. The number of anilines is 2. The molecule has 19 heteroatoms. The number of carbonyl (C=O) groups is 3. The molecule has 0 aliphatic carbocycles. The molecule has 2 fully saturated rings. The number of hydrogen-bond donors (Lipinski definition) is 1. The molecule has 10 rings (SSSR count). The minimum Gasteiger partial charge on any atom is -0.493 e. The van der Waals surface area contributed by atoms with Crippen LogP contribution in [0.25, 0.3) is 16.1 Å². The predicted octanol–water partition coefficient (Wildman–Crippen LogP) is 14.0. The number of nitrogen functional groups attached to an aromatic ring is 1. The molecular weight excluding hydrogens is 1130 g/mol. The van der Waals surface area contributed by atoms with Crippen molar-refractivity contribution >= 4 is 64.2 Å². The van der Waals surface area contributed by atoms with Gasteiger partial charge in [-0.25, -0.2) is 19.2 Å². The molecule has 2 saturated heterocycles. The summed E-state index contributed by atoms with van der Waals surface area (Å²) in [5.41, 5.74) is 10.3. The molecule has 2 N–H and O–H groups in total. The van der Waals surface area contributed by atoms with Gasteiger partial charge in [0.25, 0.3) is 11.7 Å². The number of carbonyl (C=O) groups excluding carboxylic acids is 3. The average Bonchev–Trinajstić information content (AvgIpc) is 1.58. The van der Waals surface area contributed by atoms with E-state index in [0.717, 1.165) is 86.8 Å². The number of nitrogens with two attached hydrogens (primary N) is 1. The van der Waals surface area contributed by atoms with E-state index < -0.39 is 16.9 Å². The van der Waals surface area contributed by atoms with Crippen molar-refractivity contribution in [2.45, 2.75) is 148 Å². The molecule has 3 atom stereocenters. The normalized spacial score (nSPS) is 19.8. The van der Waals surface area contributed by atoms with Crippen LogP contribution in [0, 0.1) is 12.4 Å². The molecule has 16 nitrogen and oxygen atoms in total. The highest BCUT2D eigenvalue weighted by Crippen LogP contribution is 2.54. The van der Waals surface area contributed by atoms with Gasteiger partial charge in [-0.05, 0) is 142 Å². The Balaban J connectivity index is 0.721. The second-order valence-electron chi connectivity index (χ2n) is 24.6. The molecule has 2 bridgehead atoms. The van der Waals surface area contributed by atoms with Crippen LogP contribution in [-0.2, 0) is 34.4 Å². The lowest BCUT2D eigenvalue weighted by atomic mass is 9.71. The van der Waals surface area contributed by atoms with Crippen LogP contribution in [0.4, 0.5) is 26.6 Å². The third kappa shape index (κ3) is 12.4. The lowest BCUT2D eigenvalue weighted by Crippen LogP contribution is -2.60. The fourth-order valence-electron chi connectivity index (χ4n) is 12.9. The highest BCUT2D eigenvalue weighted by atomic mass is 35.5. The Hall–Kier alpha value is -7.39. The second kappa shape index (κ2) is 25.9. The fourth-order valence-corrected chi connectivity index (χ4v) is 13.2. The number of rotatable bonds is 18. The summed E-state index contributed by atoms with van der Waals surface area (Å²) in [6.07, 6.45) is 10.4. The molecule has 86 heavy (non-hydrogen) atoms. The molecule has 0 unspecified atom stereocenters. The zero-order valence-corrected chi connectivity index (χ0v) is 52.2. The number of nitrogens with zero attached hydrogens (tertiary/aromatic N) is 11. The van der Waals surface area contributed by atoms with Gasteiger partial charge in [-0.3, -0.25) is 24.4 Å². The van der Waals surface area contributed by atoms with E-state index in [-0.39, 0.29) is 47.4 Å². The SMILES string of the molecule is [C-]#[N+]c1c2c(nn1CCCC(=O)CCCCCCCCN1CCN(C(=O)N3C(c4ccc(C(C)(C)C)cc4OCC)=N[C@@](C)(c4ccc(Cl)cc4)[C@@]3(C)c3ccc(Cl)cc3)CC1)CN(C)C(=O)c1ccc(F)cc1[C@H]1CCCN1c1nc-2cnc1N. The summed E-state index contributed by atoms with van der Waals surface area (Å²) in [6, 6.07) is 25.6. The van der Waals surface area contributed by atoms with Gasteiger partial charge in [0.2, 0.25) is 0 Å². The number of aryl methyl sites for hydroxylation is 1. The predicted molar refractivity (Wildman–Crippen MR) is 338 cm³/mol. The molecule has 6 heterocycles. The minimum atomic E-state index is -1.01. The van der Waals surface area contributed by atoms with E-state index in [9.17, 15) is 14.0 Å². The number of hydrogen-bond acceptors (Lipinski definition) is 11. The Morgan fingerprint density at radius 2 is 1.50 bits per heavy atom. The van der Waals surface area contributed by atoms with Crippen LogP contribution < -0.4 is 15.4 Å². The third-order valence-electron chi connectivity index (χ3n) is 18.0. The lowest BCUT2D eigenvalue weighted by Gasteiger charge is -2.47. The first-order valence-corrected chi connectivity index (χ1v) is 31.1. The van der Waals surface area contributed by atoms with Crippen LogP contribution in [-0.4, -0.2) is 116 Å². The topological polar surface area (TPSA) is 163 Å². The van der Waals surface area contributed by atoms with Crippen molar-refractivity contribution < 1.29 is 23.5 Å². The van der Waals surface area contributed by atoms with Gasteiger partial charge < -0.3 is 30.0 Å². The number of piperazine rings is 1. The summed E-state index contributed by atoms with van der Waals surface area (Å²) in [6.45, 7) is 26.0. The third-order valence-corrected chi connectivity index (χ3v) is 18.5. The van der Waals surface area contributed by atoms with E-state index in [0.29, 0.717) is 114 Å². The van der Waals surface area contributed by atoms with E-state index >= 15 is 4.79 Å². The summed E-state index contributed by atoms with van der Waals surface area (Å²) in [5.74, 6) is 1.55. The molecule has 0 spiro atoms. The van der Waals surface area contributed by atoms with Crippen LogP contribution in [0.15, 0.2) is 96.1 Å². The van der Waals surface area contributed by atoms with Crippen molar-refractivity contribution in [2.75, 3.05) is 63.6 Å². The summed E-state index contributed by atoms with van der Waals surface area (Å²) < 4.78 is 22.8. The Morgan fingerprint density at radius 1 is 0.837 bits per heavy atom. The molecule has 3 amide bonds. The number of Topliss-reactive ketones (excluding diaryl/α,β-unsaturated/α-hetero) is 1. The van der Waals surface area contributed by atoms with Crippen LogP contribution >= 0.6 is 23.2 Å². The van der Waals surface area contributed by atoms with E-state index in [2.05, 4.69) is 67.5 Å². The number of amides is 3. The zero-order valence-electron chi connectivity index (χ0n) is 50.6. The average molecular weight is 1210 g/mol. The van der Waals surface area contributed by atoms with E-state index in [4.69, 9.17) is 55.3 Å². The Kier molecular flexibility index (Phi) is 18.6. The minimum absolute atomic E-state index is 0.0654. The summed E-state index contributed by atoms with van der Waals surface area (Å²) in [4.78, 5) is 71.8. The van der Waals surface area contributed by atoms with E-state index in [1.54, 1.807) is 11.7 Å². The number of unbranched alkanes of at least 4 members (excludes halogenated alkanes) is 5. The van der Waals surface area contributed by atoms with Crippen LogP contribution in [0.3, 0.4) is 0 Å². The first-order valence-electron chi connectivity index (χ1n) is 30.4. The Bertz CT molecular complexity index is 3550. The van der Waals surface area contributed by atoms with Gasteiger partial charge in [-0.2, -0.15) is 4.68 Å². The maximum atomic E-state index is 15.6. The van der Waals surface area contributed by atoms with E-state index in [1.807, 2.05) is 70.2 Å². The van der Waals surface area contributed by atoms with Gasteiger partial charge in [-0.15, -0.1) is 5.10 Å². The molecule has 0 saturated carbocycles. The molecule has 4 aliphatic heterocycles. The quantitative estimate of drug-likeness (QED) is 0.0647. The summed E-state index contributed by atoms with van der Waals surface area (Å²) in [5, 5.41) is 6.07. The summed E-state index contributed by atoms with van der Waals surface area (Å²) in [7, 11) is 1.67. The number of amidine groups is 1. The van der Waals surface area contributed by atoms with Gasteiger partial charge >= 0.3 is 6.03 Å². The Labute approximate surface area is 515 Å². The number of urea groups is 1. The first kappa shape index (κ1) is 61.7. The highest BCUT2D eigenvalue weighted by Gasteiger charge is 2.60. The number of benzene rings is 4. The van der Waals surface area contributed by atoms with Gasteiger partial charge in [-0.1, -0.05) is 107 Å². The molecule has 452 valence electrons. The number of ether oxygens (including phenoxy) is 1. The van der Waals surface area contributed by atoms with Gasteiger partial charge in [0, 0.05) is 68.2 Å². The molecule has 6 aromatic rings. The van der Waals surface area contributed by atoms with Gasteiger partial charge in [0.1, 0.15) is 40.0 Å². The standard InChI is InChI=1S/C67H79Cl2FN12O4/c1-9-86-57-40-46(65(2,3)4)25-31-52(57)60-75-66(5,44-21-26-47(68)27-22-44)67(6,45-23-28-48(69)29-24-45)82(60)64(85)79-38-36-78(37-39-79)33-15-13-11-10-12-14-18-50(83)19-16-35-81-61(72-7)58-54-42-73-59(71)62(74-54)80-34-17-20-56(80)53-41-49(70)30-32-51(53)63(84)77(8)43-55(58)76-81/h21-32,40-42,56H,9-20,33-39,43H2,1-6,8H3,(H2,71,73)/t56-,66+,67-/m1/s1. The van der Waals surface area contributed by atoms with Crippen molar-refractivity contribution in [1.82, 2.24) is 39.3 Å². The first-order chi connectivity index (χ1) is 41.2. The van der Waals surface area contributed by atoms with Crippen molar-refractivity contribution in [1.29, 1.82) is 0 Å². The number of aromatic nitrogens is 4. The van der Waals surface area contributed by atoms with E-state index in [1.165, 1.54) is 29.3 Å². The maximum Gasteiger partial charge on any atom is 0.326 e. The van der Waals surface area contributed by atoms with Crippen molar-refractivity contribution in [3.8, 4) is 17.0 Å². The highest BCUT2D eigenvalue weighted by molar-refractivity contribution is 6.30. The molecular formula is C67H79Cl2FN12O4. The molecule has 0 radical (unpaired) electrons. The Morgan fingerprint density at radius 3 is 2.19 bits per heavy atom. The maximum absolute atomic E-state index is 15.6. The van der Waals surface area contributed by atoms with Crippen molar-refractivity contribution in [3.63, 3.8) is 0 Å². The number of aliphatic imine (C=N–C) groups is 1. The monoisotopic (exact) mass is 1200 g/mol. The van der Waals surface area contributed by atoms with Crippen LogP contribution in [0.5, 0.6) is 5.75 Å². The van der Waals surface area contributed by atoms with Crippen LogP contribution in [0.1, 0.15) is 162 Å². The van der Waals surface area contributed by atoms with Crippen molar-refractivity contribution in [3.05, 3.63) is 157 Å².